The van der Waals surface area contributed by atoms with Crippen LogP contribution in [0.3, 0.4) is 0 Å². The average Bonchev–Trinajstić information content (AvgIpc) is 3.98. The van der Waals surface area contributed by atoms with Gasteiger partial charge in [0.2, 0.25) is 0 Å². The Bertz CT molecular complexity index is 2460. The Morgan fingerprint density at radius 1 is 0.718 bits per heavy atom. The predicted octanol–water partition coefficient (Wildman–Crippen LogP) is 12.5. The summed E-state index contributed by atoms with van der Waals surface area (Å²) in [5, 5.41) is 10.9. The summed E-state index contributed by atoms with van der Waals surface area (Å²) in [5.74, 6) is -1.66. The fourth-order valence-corrected chi connectivity index (χ4v) is 10.1. The second-order valence-electron chi connectivity index (χ2n) is 18.6. The molecule has 13 nitrogen and oxygen atoms in total. The fourth-order valence-electron chi connectivity index (χ4n) is 8.19. The molecule has 1 fully saturated rings. The maximum absolute atomic E-state index is 13.4. The highest BCUT2D eigenvalue weighted by atomic mass is 32.1. The molecule has 71 heavy (non-hydrogen) atoms. The Kier molecular flexibility index (Phi) is 25.7. The first-order valence-electron chi connectivity index (χ1n) is 23.8. The minimum absolute atomic E-state index is 0. The van der Waals surface area contributed by atoms with Gasteiger partial charge in [0, 0.05) is 64.2 Å². The number of hydrogen-bond donors (Lipinski definition) is 3. The minimum atomic E-state index is -0.833. The molecular weight excluding hydrogens is 941 g/mol. The Balaban J connectivity index is 0.000000363. The topological polar surface area (TPSA) is 222 Å². The summed E-state index contributed by atoms with van der Waals surface area (Å²) in [4.78, 5) is 93.4. The summed E-state index contributed by atoms with van der Waals surface area (Å²) in [6.07, 6.45) is 6.31. The number of hydrogen-bond acceptors (Lipinski definition) is 14. The van der Waals surface area contributed by atoms with Crippen LogP contribution in [0.25, 0.3) is 20.9 Å². The van der Waals surface area contributed by atoms with Crippen molar-refractivity contribution in [3.8, 4) is 20.9 Å². The summed E-state index contributed by atoms with van der Waals surface area (Å²) in [7, 11) is 0. The predicted molar refractivity (Wildman–Crippen MR) is 282 cm³/mol. The smallest absolute Gasteiger partial charge is 0.336 e. The molecule has 3 heterocycles. The molecule has 0 saturated heterocycles. The van der Waals surface area contributed by atoms with E-state index in [0.717, 1.165) is 80.9 Å². The van der Waals surface area contributed by atoms with E-state index in [2.05, 4.69) is 55.1 Å². The van der Waals surface area contributed by atoms with Gasteiger partial charge in [-0.2, -0.15) is 0 Å². The molecule has 1 atom stereocenters. The number of nitrogens with one attached hydrogen (secondary N) is 1. The number of ketones is 4. The van der Waals surface area contributed by atoms with Crippen molar-refractivity contribution in [2.45, 2.75) is 132 Å². The summed E-state index contributed by atoms with van der Waals surface area (Å²) >= 11 is 3.17. The van der Waals surface area contributed by atoms with Gasteiger partial charge in [0.1, 0.15) is 23.8 Å². The van der Waals surface area contributed by atoms with Crippen molar-refractivity contribution in [3.05, 3.63) is 117 Å². The van der Waals surface area contributed by atoms with Crippen LogP contribution < -0.4 is 11.5 Å². The molecule has 0 bridgehead atoms. The fraction of sp³-hybridized carbons (Fsp3) is 0.429. The van der Waals surface area contributed by atoms with Crippen molar-refractivity contribution < 1.29 is 52.9 Å². The second kappa shape index (κ2) is 29.9. The van der Waals surface area contributed by atoms with Crippen molar-refractivity contribution in [1.29, 1.82) is 0 Å². The molecule has 1 unspecified atom stereocenters. The molecule has 0 amide bonds. The highest BCUT2D eigenvalue weighted by Crippen LogP contribution is 2.49. The van der Waals surface area contributed by atoms with Gasteiger partial charge >= 0.3 is 11.9 Å². The second-order valence-corrected chi connectivity index (χ2v) is 20.8. The first-order valence-corrected chi connectivity index (χ1v) is 25.4. The van der Waals surface area contributed by atoms with Gasteiger partial charge in [-0.3, -0.25) is 33.6 Å². The van der Waals surface area contributed by atoms with Crippen LogP contribution in [0.2, 0.25) is 0 Å². The largest absolute Gasteiger partial charge is 0.481 e. The zero-order valence-corrected chi connectivity index (χ0v) is 44.4. The van der Waals surface area contributed by atoms with Crippen LogP contribution in [0.4, 0.5) is 0 Å². The molecule has 5 N–H and O–H groups in total. The third-order valence-corrected chi connectivity index (χ3v) is 13.1. The zero-order valence-electron chi connectivity index (χ0n) is 42.8. The number of ether oxygens (including phenoxy) is 2. The Morgan fingerprint density at radius 2 is 1.24 bits per heavy atom. The van der Waals surface area contributed by atoms with Crippen LogP contribution in [0.5, 0.6) is 0 Å². The van der Waals surface area contributed by atoms with E-state index < -0.39 is 11.9 Å². The monoisotopic (exact) mass is 1010 g/mol. The van der Waals surface area contributed by atoms with Crippen molar-refractivity contribution in [3.63, 3.8) is 0 Å². The highest BCUT2D eigenvalue weighted by molar-refractivity contribution is 7.17. The summed E-state index contributed by atoms with van der Waals surface area (Å²) in [5.41, 5.74) is 5.34. The van der Waals surface area contributed by atoms with Gasteiger partial charge in [-0.05, 0) is 79.3 Å². The van der Waals surface area contributed by atoms with Crippen LogP contribution in [0, 0.1) is 10.8 Å². The van der Waals surface area contributed by atoms with E-state index in [0.29, 0.717) is 44.5 Å². The lowest BCUT2D eigenvalue weighted by atomic mass is 9.69. The zero-order chi connectivity index (χ0) is 52.0. The van der Waals surface area contributed by atoms with Crippen LogP contribution in [-0.2, 0) is 43.0 Å². The van der Waals surface area contributed by atoms with E-state index in [-0.39, 0.29) is 64.8 Å². The van der Waals surface area contributed by atoms with Gasteiger partial charge in [0.15, 0.2) is 12.1 Å². The Hall–Kier alpha value is -6.16. The van der Waals surface area contributed by atoms with Gasteiger partial charge in [-0.15, -0.1) is 22.7 Å². The number of Topliss-reactive ketones (excluding diaryl/α,β-unsaturated/α-hetero) is 4. The van der Waals surface area contributed by atoms with E-state index in [4.69, 9.17) is 14.6 Å². The maximum Gasteiger partial charge on any atom is 0.336 e. The third-order valence-electron chi connectivity index (χ3n) is 10.8. The molecule has 2 aliphatic carbocycles. The van der Waals surface area contributed by atoms with Gasteiger partial charge < -0.3 is 26.0 Å². The highest BCUT2D eigenvalue weighted by Gasteiger charge is 2.44. The molecule has 2 aromatic carbocycles. The van der Waals surface area contributed by atoms with Crippen LogP contribution in [0.15, 0.2) is 107 Å². The number of allylic oxidation sites excluding steroid dienone is 3. The number of carbonyl (C=O) groups is 8. The van der Waals surface area contributed by atoms with E-state index in [1.54, 1.807) is 18.3 Å². The van der Waals surface area contributed by atoms with Gasteiger partial charge in [-0.1, -0.05) is 109 Å². The van der Waals surface area contributed by atoms with Crippen molar-refractivity contribution in [2.75, 3.05) is 13.2 Å². The van der Waals surface area contributed by atoms with E-state index in [9.17, 15) is 33.6 Å². The maximum atomic E-state index is 13.4. The van der Waals surface area contributed by atoms with E-state index in [1.165, 1.54) is 16.9 Å². The Labute approximate surface area is 427 Å². The number of carboxylic acid groups (broad SMARTS) is 1. The number of esters is 2. The third kappa shape index (κ3) is 20.2. The molecule has 1 saturated carbocycles. The number of thiophene rings is 2. The molecule has 0 spiro atoms. The molecule has 0 radical (unpaired) electrons. The van der Waals surface area contributed by atoms with E-state index >= 15 is 0 Å². The quantitative estimate of drug-likeness (QED) is 0.0645. The van der Waals surface area contributed by atoms with E-state index in [1.807, 2.05) is 88.4 Å². The summed E-state index contributed by atoms with van der Waals surface area (Å²) < 4.78 is 10.1. The lowest BCUT2D eigenvalue weighted by molar-refractivity contribution is -0.146. The number of rotatable bonds is 13. The normalized spacial score (nSPS) is 16.2. The first kappa shape index (κ1) is 61.0. The van der Waals surface area contributed by atoms with Gasteiger partial charge in [0.25, 0.3) is 5.97 Å². The molecule has 384 valence electrons. The first-order chi connectivity index (χ1) is 33.2. The number of benzene rings is 2. The minimum Gasteiger partial charge on any atom is -0.481 e. The Morgan fingerprint density at radius 3 is 1.72 bits per heavy atom. The summed E-state index contributed by atoms with van der Waals surface area (Å²) in [6.45, 7) is 17.5. The van der Waals surface area contributed by atoms with Crippen molar-refractivity contribution in [1.82, 2.24) is 11.5 Å². The SMILES string of the molecule is CC(=O)O.CC1(C)CC(=O)CC(=O)C1.CCCC(=O)CC(=O)OCC.CCCC1=C(C(=O)OCC)C(c2ccc(-c3ccccc3)s2)C2=C(CC(C)(C)CC2=O)N1.N.O=Cc1ccc(-c2ccccc2)s1. The van der Waals surface area contributed by atoms with Gasteiger partial charge in [0.05, 0.1) is 36.0 Å². The van der Waals surface area contributed by atoms with Crippen LogP contribution in [0.1, 0.15) is 147 Å². The number of carbonyl (C=O) groups excluding carboxylic acids is 7. The molecule has 2 aromatic heterocycles. The van der Waals surface area contributed by atoms with Crippen LogP contribution in [-0.4, -0.2) is 65.6 Å². The number of dihydropyridines is 1. The molecule has 7 rings (SSSR count). The number of aldehydes is 1. The lowest BCUT2D eigenvalue weighted by Gasteiger charge is -2.39. The van der Waals surface area contributed by atoms with Crippen LogP contribution >= 0.6 is 22.7 Å². The standard InChI is InChI=1S/C27H31NO3S.C11H8OS.C8H14O3.C8H12O2.C2H4O2.H3N/c1-5-10-18-24(26(30)31-6-2)25(23-19(28-18)15-27(3,4)16-20(23)29)22-14-13-21(32-22)17-11-8-7-9-12-17;12-8-10-6-7-11(13-10)9-4-2-1-3-5-9;1-3-5-7(9)6-8(10)11-4-2;1-8(2)4-6(9)3-7(10)5-8;1-2(3)4;/h7-9,11-14,25,28H,5-6,10,15-16H2,1-4H3;1-8H;3-6H2,1-2H3;3-5H2,1-2H3;1H3,(H,3,4);1H3. The summed E-state index contributed by atoms with van der Waals surface area (Å²) in [6, 6.07) is 28.3. The van der Waals surface area contributed by atoms with Crippen molar-refractivity contribution >= 4 is 70.0 Å². The molecule has 15 heteroatoms. The molecule has 4 aromatic rings. The average molecular weight is 1010 g/mol. The number of aliphatic carboxylic acids is 1. The lowest BCUT2D eigenvalue weighted by Crippen LogP contribution is -2.39. The molecule has 3 aliphatic rings. The van der Waals surface area contributed by atoms with Crippen molar-refractivity contribution in [2.24, 2.45) is 10.8 Å². The number of carboxylic acids is 1. The van der Waals surface area contributed by atoms with Gasteiger partial charge in [-0.25, -0.2) is 4.79 Å². The molecule has 1 aliphatic heterocycles. The molecular formula is C56H72N2O11S2.